The standard InChI is InChI=1S/C9H7F3O3.CH4O3S/c10-5-3-6(11)8(7(12)4-5)9(14)15-2-1-13;1-5(2,3)4/h3-4,13H,1-2H2;1H3,(H,2,3,4). The number of halogens is 3. The molecule has 0 saturated heterocycles. The Labute approximate surface area is 112 Å². The van der Waals surface area contributed by atoms with E-state index in [0.29, 0.717) is 18.4 Å². The van der Waals surface area contributed by atoms with Crippen molar-refractivity contribution < 1.29 is 40.8 Å². The predicted molar refractivity (Wildman–Crippen MR) is 61.2 cm³/mol. The van der Waals surface area contributed by atoms with Crippen LogP contribution < -0.4 is 0 Å². The molecule has 1 aromatic carbocycles. The Morgan fingerprint density at radius 2 is 1.65 bits per heavy atom. The number of benzene rings is 1. The Balaban J connectivity index is 0.000000621. The highest BCUT2D eigenvalue weighted by Crippen LogP contribution is 2.15. The molecular formula is C10H11F3O6S. The molecule has 114 valence electrons. The molecule has 0 saturated carbocycles. The second kappa shape index (κ2) is 7.82. The average molecular weight is 316 g/mol. The van der Waals surface area contributed by atoms with E-state index < -0.39 is 45.7 Å². The summed E-state index contributed by atoms with van der Waals surface area (Å²) in [5.74, 6) is -5.08. The van der Waals surface area contributed by atoms with Crippen LogP contribution in [-0.4, -0.2) is 43.5 Å². The molecule has 0 aliphatic heterocycles. The van der Waals surface area contributed by atoms with Gasteiger partial charge in [0.1, 0.15) is 29.6 Å². The summed E-state index contributed by atoms with van der Waals surface area (Å²) in [5, 5.41) is 8.32. The van der Waals surface area contributed by atoms with Crippen molar-refractivity contribution in [3.05, 3.63) is 35.1 Å². The summed E-state index contributed by atoms with van der Waals surface area (Å²) in [6.45, 7) is -0.842. The van der Waals surface area contributed by atoms with Crippen molar-refractivity contribution in [1.82, 2.24) is 0 Å². The van der Waals surface area contributed by atoms with E-state index in [9.17, 15) is 26.4 Å². The molecule has 0 amide bonds. The van der Waals surface area contributed by atoms with Gasteiger partial charge in [-0.15, -0.1) is 0 Å². The smallest absolute Gasteiger partial charge is 0.344 e. The molecule has 0 radical (unpaired) electrons. The van der Waals surface area contributed by atoms with E-state index in [-0.39, 0.29) is 6.61 Å². The highest BCUT2D eigenvalue weighted by Gasteiger charge is 2.20. The topological polar surface area (TPSA) is 101 Å². The van der Waals surface area contributed by atoms with Gasteiger partial charge in [-0.05, 0) is 0 Å². The first-order valence-electron chi connectivity index (χ1n) is 4.91. The molecule has 0 aliphatic carbocycles. The number of aliphatic hydroxyl groups is 1. The molecule has 0 aromatic heterocycles. The molecule has 1 aromatic rings. The minimum absolute atomic E-state index is 0.374. The van der Waals surface area contributed by atoms with Crippen LogP contribution in [0.15, 0.2) is 12.1 Å². The van der Waals surface area contributed by atoms with Crippen LogP contribution in [0.5, 0.6) is 0 Å². The lowest BCUT2D eigenvalue weighted by Crippen LogP contribution is -2.13. The largest absolute Gasteiger partial charge is 0.459 e. The zero-order valence-corrected chi connectivity index (χ0v) is 11.0. The normalized spacial score (nSPS) is 10.5. The van der Waals surface area contributed by atoms with Gasteiger partial charge in [0, 0.05) is 12.1 Å². The quantitative estimate of drug-likeness (QED) is 0.630. The second-order valence-electron chi connectivity index (χ2n) is 3.34. The number of ether oxygens (including phenoxy) is 1. The number of hydrogen-bond acceptors (Lipinski definition) is 5. The van der Waals surface area contributed by atoms with Crippen molar-refractivity contribution in [1.29, 1.82) is 0 Å². The number of carbonyl (C=O) groups excluding carboxylic acids is 1. The molecular weight excluding hydrogens is 305 g/mol. The van der Waals surface area contributed by atoms with Gasteiger partial charge in [-0.25, -0.2) is 18.0 Å². The maximum absolute atomic E-state index is 12.9. The Hall–Kier alpha value is -1.65. The van der Waals surface area contributed by atoms with Gasteiger partial charge < -0.3 is 9.84 Å². The van der Waals surface area contributed by atoms with Crippen LogP contribution >= 0.6 is 0 Å². The number of hydrogen-bond donors (Lipinski definition) is 2. The van der Waals surface area contributed by atoms with Crippen LogP contribution in [0.1, 0.15) is 10.4 Å². The van der Waals surface area contributed by atoms with Gasteiger partial charge in [-0.3, -0.25) is 4.55 Å². The summed E-state index contributed by atoms with van der Waals surface area (Å²) in [6.07, 6.45) is 0.715. The highest BCUT2D eigenvalue weighted by atomic mass is 32.2. The van der Waals surface area contributed by atoms with Crippen molar-refractivity contribution >= 4 is 16.1 Å². The number of aliphatic hydroxyl groups excluding tert-OH is 1. The fourth-order valence-corrected chi connectivity index (χ4v) is 0.948. The highest BCUT2D eigenvalue weighted by molar-refractivity contribution is 7.85. The van der Waals surface area contributed by atoms with Crippen molar-refractivity contribution in [2.75, 3.05) is 19.5 Å². The fourth-order valence-electron chi connectivity index (χ4n) is 0.948. The maximum Gasteiger partial charge on any atom is 0.344 e. The number of rotatable bonds is 3. The summed E-state index contributed by atoms with van der Waals surface area (Å²) in [5.41, 5.74) is -0.968. The summed E-state index contributed by atoms with van der Waals surface area (Å²) >= 11 is 0. The molecule has 0 bridgehead atoms. The van der Waals surface area contributed by atoms with Gasteiger partial charge in [0.05, 0.1) is 12.9 Å². The first kappa shape index (κ1) is 18.4. The molecule has 0 atom stereocenters. The minimum atomic E-state index is -3.67. The molecule has 10 heteroatoms. The third-order valence-electron chi connectivity index (χ3n) is 1.54. The van der Waals surface area contributed by atoms with E-state index in [1.807, 2.05) is 0 Å². The molecule has 0 aliphatic rings. The third-order valence-corrected chi connectivity index (χ3v) is 1.54. The van der Waals surface area contributed by atoms with E-state index >= 15 is 0 Å². The van der Waals surface area contributed by atoms with Gasteiger partial charge in [0.25, 0.3) is 10.1 Å². The monoisotopic (exact) mass is 316 g/mol. The zero-order chi connectivity index (χ0) is 15.9. The first-order valence-corrected chi connectivity index (χ1v) is 6.76. The lowest BCUT2D eigenvalue weighted by atomic mass is 10.2. The molecule has 20 heavy (non-hydrogen) atoms. The molecule has 0 unspecified atom stereocenters. The third kappa shape index (κ3) is 7.71. The Morgan fingerprint density at radius 3 is 2.00 bits per heavy atom. The van der Waals surface area contributed by atoms with E-state index in [1.165, 1.54) is 0 Å². The Bertz CT molecular complexity index is 541. The molecule has 2 N–H and O–H groups in total. The lowest BCUT2D eigenvalue weighted by molar-refractivity contribution is 0.0422. The van der Waals surface area contributed by atoms with E-state index in [1.54, 1.807) is 0 Å². The van der Waals surface area contributed by atoms with Gasteiger partial charge in [0.15, 0.2) is 0 Å². The Morgan fingerprint density at radius 1 is 1.25 bits per heavy atom. The summed E-state index contributed by atoms with van der Waals surface area (Å²) < 4.78 is 68.5. The van der Waals surface area contributed by atoms with Crippen molar-refractivity contribution in [3.63, 3.8) is 0 Å². The number of carbonyl (C=O) groups is 1. The summed E-state index contributed by atoms with van der Waals surface area (Å²) in [4.78, 5) is 11.0. The molecule has 0 spiro atoms. The predicted octanol–water partition coefficient (Wildman–Crippen LogP) is 0.757. The van der Waals surface area contributed by atoms with Gasteiger partial charge in [-0.1, -0.05) is 0 Å². The maximum atomic E-state index is 12.9. The van der Waals surface area contributed by atoms with Crippen molar-refractivity contribution in [2.45, 2.75) is 0 Å². The number of esters is 1. The summed E-state index contributed by atoms with van der Waals surface area (Å²) in [6, 6.07) is 0.747. The SMILES string of the molecule is CS(=O)(=O)O.O=C(OCCO)c1c(F)cc(F)cc1F. The van der Waals surface area contributed by atoms with Crippen molar-refractivity contribution in [3.8, 4) is 0 Å². The van der Waals surface area contributed by atoms with E-state index in [2.05, 4.69) is 4.74 Å². The van der Waals surface area contributed by atoms with E-state index in [4.69, 9.17) is 9.66 Å². The average Bonchev–Trinajstić information content (AvgIpc) is 2.22. The fraction of sp³-hybridized carbons (Fsp3) is 0.300. The van der Waals surface area contributed by atoms with Crippen molar-refractivity contribution in [2.24, 2.45) is 0 Å². The summed E-state index contributed by atoms with van der Waals surface area (Å²) in [7, 11) is -3.67. The van der Waals surface area contributed by atoms with Crippen LogP contribution in [0.3, 0.4) is 0 Å². The van der Waals surface area contributed by atoms with Crippen LogP contribution in [0.2, 0.25) is 0 Å². The van der Waals surface area contributed by atoms with E-state index in [0.717, 1.165) is 0 Å². The lowest BCUT2D eigenvalue weighted by Gasteiger charge is -2.04. The zero-order valence-electron chi connectivity index (χ0n) is 10.1. The molecule has 1 rings (SSSR count). The van der Waals surface area contributed by atoms with Gasteiger partial charge in [0.2, 0.25) is 0 Å². The molecule has 0 fully saturated rings. The molecule has 6 nitrogen and oxygen atoms in total. The minimum Gasteiger partial charge on any atom is -0.459 e. The first-order chi connectivity index (χ1) is 9.06. The van der Waals surface area contributed by atoms with Gasteiger partial charge in [-0.2, -0.15) is 8.42 Å². The second-order valence-corrected chi connectivity index (χ2v) is 4.80. The Kier molecular flexibility index (Phi) is 7.18. The van der Waals surface area contributed by atoms with Crippen LogP contribution in [-0.2, 0) is 14.9 Å². The van der Waals surface area contributed by atoms with Crippen LogP contribution in [0, 0.1) is 17.5 Å². The van der Waals surface area contributed by atoms with Crippen LogP contribution in [0.25, 0.3) is 0 Å². The van der Waals surface area contributed by atoms with Crippen LogP contribution in [0.4, 0.5) is 13.2 Å². The van der Waals surface area contributed by atoms with Gasteiger partial charge >= 0.3 is 5.97 Å². The molecule has 0 heterocycles.